The van der Waals surface area contributed by atoms with Gasteiger partial charge in [0, 0.05) is 18.7 Å². The lowest BCUT2D eigenvalue weighted by Crippen LogP contribution is -2.34. The fraction of sp³-hybridized carbons (Fsp3) is 0.600. The summed E-state index contributed by atoms with van der Waals surface area (Å²) in [6.07, 6.45) is 0.927. The van der Waals surface area contributed by atoms with Crippen LogP contribution in [0.15, 0.2) is 12.1 Å². The fourth-order valence-electron chi connectivity index (χ4n) is 2.61. The SMILES string of the molecule is CCCN(CCC(=O)OC)C(=O)c1cc(OCC)c(OCC)c(OCC)c1. The van der Waals surface area contributed by atoms with Crippen LogP contribution >= 0.6 is 0 Å². The molecule has 0 radical (unpaired) electrons. The van der Waals surface area contributed by atoms with Gasteiger partial charge in [0.05, 0.1) is 33.4 Å². The van der Waals surface area contributed by atoms with E-state index < -0.39 is 0 Å². The number of methoxy groups -OCH3 is 1. The molecule has 0 saturated heterocycles. The average Bonchev–Trinajstić information content (AvgIpc) is 2.66. The monoisotopic (exact) mass is 381 g/mol. The number of esters is 1. The van der Waals surface area contributed by atoms with Crippen molar-refractivity contribution < 1.29 is 28.5 Å². The minimum atomic E-state index is -0.347. The molecular weight excluding hydrogens is 350 g/mol. The van der Waals surface area contributed by atoms with Gasteiger partial charge in [-0.2, -0.15) is 0 Å². The second kappa shape index (κ2) is 12.0. The van der Waals surface area contributed by atoms with Crippen LogP contribution in [-0.2, 0) is 9.53 Å². The molecule has 1 amide bonds. The molecule has 0 aliphatic carbocycles. The number of hydrogen-bond donors (Lipinski definition) is 0. The zero-order valence-electron chi connectivity index (χ0n) is 17.0. The first-order chi connectivity index (χ1) is 13.0. The molecule has 0 bridgehead atoms. The van der Waals surface area contributed by atoms with Gasteiger partial charge >= 0.3 is 5.97 Å². The van der Waals surface area contributed by atoms with Gasteiger partial charge in [-0.1, -0.05) is 6.92 Å². The number of carbonyl (C=O) groups is 2. The standard InChI is InChI=1S/C20H31NO6/c1-6-11-21(12-10-18(22)24-5)20(23)15-13-16(25-7-2)19(27-9-4)17(14-15)26-8-3/h13-14H,6-12H2,1-5H3. The Morgan fingerprint density at radius 3 is 1.89 bits per heavy atom. The van der Waals surface area contributed by atoms with Crippen LogP contribution in [0.5, 0.6) is 17.2 Å². The lowest BCUT2D eigenvalue weighted by Gasteiger charge is -2.23. The first kappa shape index (κ1) is 22.6. The van der Waals surface area contributed by atoms with E-state index in [0.29, 0.717) is 55.7 Å². The van der Waals surface area contributed by atoms with Crippen LogP contribution < -0.4 is 14.2 Å². The highest BCUT2D eigenvalue weighted by Gasteiger charge is 2.22. The number of nitrogens with zero attached hydrogens (tertiary/aromatic N) is 1. The van der Waals surface area contributed by atoms with E-state index in [1.165, 1.54) is 7.11 Å². The Morgan fingerprint density at radius 2 is 1.44 bits per heavy atom. The van der Waals surface area contributed by atoms with Crippen LogP contribution in [-0.4, -0.2) is 56.8 Å². The summed E-state index contributed by atoms with van der Waals surface area (Å²) in [5.74, 6) is 0.900. The smallest absolute Gasteiger partial charge is 0.307 e. The first-order valence-electron chi connectivity index (χ1n) is 9.44. The summed E-state index contributed by atoms with van der Waals surface area (Å²) in [5.41, 5.74) is 0.434. The number of carbonyl (C=O) groups excluding carboxylic acids is 2. The van der Waals surface area contributed by atoms with E-state index in [1.54, 1.807) is 17.0 Å². The average molecular weight is 381 g/mol. The Hall–Kier alpha value is -2.44. The summed E-state index contributed by atoms with van der Waals surface area (Å²) in [5, 5.41) is 0. The van der Waals surface area contributed by atoms with Crippen molar-refractivity contribution in [3.63, 3.8) is 0 Å². The van der Waals surface area contributed by atoms with E-state index in [1.807, 2.05) is 27.7 Å². The predicted octanol–water partition coefficient (Wildman–Crippen LogP) is 3.30. The summed E-state index contributed by atoms with van der Waals surface area (Å²) in [7, 11) is 1.34. The Bertz CT molecular complexity index is 589. The minimum Gasteiger partial charge on any atom is -0.490 e. The van der Waals surface area contributed by atoms with Crippen LogP contribution in [0.1, 0.15) is 50.9 Å². The van der Waals surface area contributed by atoms with Gasteiger partial charge in [-0.25, -0.2) is 0 Å². The van der Waals surface area contributed by atoms with E-state index in [0.717, 1.165) is 6.42 Å². The van der Waals surface area contributed by atoms with Crippen molar-refractivity contribution in [1.29, 1.82) is 0 Å². The molecule has 7 nitrogen and oxygen atoms in total. The van der Waals surface area contributed by atoms with Crippen LogP contribution in [0.25, 0.3) is 0 Å². The van der Waals surface area contributed by atoms with Crippen molar-refractivity contribution in [1.82, 2.24) is 4.90 Å². The van der Waals surface area contributed by atoms with Crippen molar-refractivity contribution in [2.24, 2.45) is 0 Å². The molecule has 0 fully saturated rings. The van der Waals surface area contributed by atoms with Crippen LogP contribution in [0.3, 0.4) is 0 Å². The van der Waals surface area contributed by atoms with E-state index in [9.17, 15) is 9.59 Å². The molecule has 0 N–H and O–H groups in total. The normalized spacial score (nSPS) is 10.3. The molecule has 152 valence electrons. The molecule has 0 saturated carbocycles. The molecular formula is C20H31NO6. The van der Waals surface area contributed by atoms with Crippen LogP contribution in [0.2, 0.25) is 0 Å². The lowest BCUT2D eigenvalue weighted by molar-refractivity contribution is -0.140. The summed E-state index contributed by atoms with van der Waals surface area (Å²) in [6.45, 7) is 9.74. The molecule has 0 atom stereocenters. The Labute approximate surface area is 161 Å². The highest BCUT2D eigenvalue weighted by atomic mass is 16.5. The molecule has 0 heterocycles. The van der Waals surface area contributed by atoms with Gasteiger partial charge < -0.3 is 23.8 Å². The summed E-state index contributed by atoms with van der Waals surface area (Å²) in [4.78, 5) is 26.1. The third-order valence-corrected chi connectivity index (χ3v) is 3.75. The van der Waals surface area contributed by atoms with E-state index in [2.05, 4.69) is 4.74 Å². The Morgan fingerprint density at radius 1 is 0.889 bits per heavy atom. The molecule has 1 rings (SSSR count). The molecule has 1 aromatic rings. The zero-order chi connectivity index (χ0) is 20.2. The summed E-state index contributed by atoms with van der Waals surface area (Å²) < 4.78 is 21.7. The highest BCUT2D eigenvalue weighted by molar-refractivity contribution is 5.96. The van der Waals surface area contributed by atoms with Gasteiger partial charge in [0.25, 0.3) is 5.91 Å². The number of rotatable bonds is 12. The number of hydrogen-bond acceptors (Lipinski definition) is 6. The van der Waals surface area contributed by atoms with Crippen molar-refractivity contribution in [3.05, 3.63) is 17.7 Å². The topological polar surface area (TPSA) is 74.3 Å². The second-order valence-electron chi connectivity index (χ2n) is 5.72. The molecule has 0 aliphatic heterocycles. The molecule has 0 unspecified atom stereocenters. The molecule has 27 heavy (non-hydrogen) atoms. The number of ether oxygens (including phenoxy) is 4. The van der Waals surface area contributed by atoms with Crippen molar-refractivity contribution in [3.8, 4) is 17.2 Å². The quantitative estimate of drug-likeness (QED) is 0.517. The maximum atomic E-state index is 13.0. The van der Waals surface area contributed by atoms with Crippen molar-refractivity contribution in [2.75, 3.05) is 40.0 Å². The van der Waals surface area contributed by atoms with Gasteiger partial charge in [-0.3, -0.25) is 9.59 Å². The van der Waals surface area contributed by atoms with E-state index in [4.69, 9.17) is 14.2 Å². The maximum Gasteiger partial charge on any atom is 0.307 e. The predicted molar refractivity (Wildman–Crippen MR) is 103 cm³/mol. The molecule has 0 aliphatic rings. The fourth-order valence-corrected chi connectivity index (χ4v) is 2.61. The van der Waals surface area contributed by atoms with Gasteiger partial charge in [0.15, 0.2) is 11.5 Å². The number of benzene rings is 1. The summed E-state index contributed by atoms with van der Waals surface area (Å²) >= 11 is 0. The third kappa shape index (κ3) is 6.66. The minimum absolute atomic E-state index is 0.149. The Balaban J connectivity index is 3.22. The summed E-state index contributed by atoms with van der Waals surface area (Å²) in [6, 6.07) is 3.33. The molecule has 1 aromatic carbocycles. The largest absolute Gasteiger partial charge is 0.490 e. The maximum absolute atomic E-state index is 13.0. The van der Waals surface area contributed by atoms with Gasteiger partial charge in [0.2, 0.25) is 5.75 Å². The van der Waals surface area contributed by atoms with Crippen molar-refractivity contribution in [2.45, 2.75) is 40.5 Å². The lowest BCUT2D eigenvalue weighted by atomic mass is 10.1. The van der Waals surface area contributed by atoms with E-state index in [-0.39, 0.29) is 18.3 Å². The first-order valence-corrected chi connectivity index (χ1v) is 9.44. The number of amides is 1. The second-order valence-corrected chi connectivity index (χ2v) is 5.72. The molecule has 7 heteroatoms. The van der Waals surface area contributed by atoms with Gasteiger partial charge in [-0.15, -0.1) is 0 Å². The van der Waals surface area contributed by atoms with Crippen molar-refractivity contribution >= 4 is 11.9 Å². The van der Waals surface area contributed by atoms with Crippen LogP contribution in [0, 0.1) is 0 Å². The third-order valence-electron chi connectivity index (χ3n) is 3.75. The zero-order valence-corrected chi connectivity index (χ0v) is 17.0. The highest BCUT2D eigenvalue weighted by Crippen LogP contribution is 2.39. The molecule has 0 spiro atoms. The van der Waals surface area contributed by atoms with E-state index >= 15 is 0 Å². The van der Waals surface area contributed by atoms with Gasteiger partial charge in [0.1, 0.15) is 0 Å². The van der Waals surface area contributed by atoms with Crippen LogP contribution in [0.4, 0.5) is 0 Å². The Kier molecular flexibility index (Phi) is 10.1. The molecule has 0 aromatic heterocycles. The van der Waals surface area contributed by atoms with Gasteiger partial charge in [-0.05, 0) is 39.3 Å².